The molecule has 3 aromatic rings. The van der Waals surface area contributed by atoms with E-state index in [0.29, 0.717) is 6.61 Å². The largest absolute Gasteiger partial charge is 0.489 e. The number of nitrogens with zero attached hydrogens (tertiary/aromatic N) is 2. The first kappa shape index (κ1) is 15.5. The number of anilines is 1. The zero-order chi connectivity index (χ0) is 15.9. The lowest BCUT2D eigenvalue weighted by atomic mass is 10.2. The molecule has 0 fully saturated rings. The first-order chi connectivity index (χ1) is 11.3. The van der Waals surface area contributed by atoms with E-state index in [1.807, 2.05) is 54.7 Å². The van der Waals surface area contributed by atoms with Crippen molar-refractivity contribution in [2.45, 2.75) is 13.2 Å². The second-order valence-corrected chi connectivity index (χ2v) is 5.92. The average molecular weight is 370 g/mol. The monoisotopic (exact) mass is 369 g/mol. The lowest BCUT2D eigenvalue weighted by molar-refractivity contribution is 0.305. The third-order valence-corrected chi connectivity index (χ3v) is 3.72. The van der Waals surface area contributed by atoms with Gasteiger partial charge in [-0.3, -0.25) is 4.98 Å². The summed E-state index contributed by atoms with van der Waals surface area (Å²) in [5.74, 6) is 1.70. The first-order valence-corrected chi connectivity index (χ1v) is 8.05. The zero-order valence-corrected chi connectivity index (χ0v) is 14.0. The van der Waals surface area contributed by atoms with Gasteiger partial charge in [0.25, 0.3) is 0 Å². The maximum absolute atomic E-state index is 5.75. The minimum absolute atomic E-state index is 0.522. The molecule has 1 aromatic carbocycles. The van der Waals surface area contributed by atoms with Crippen molar-refractivity contribution in [2.24, 2.45) is 0 Å². The van der Waals surface area contributed by atoms with Gasteiger partial charge in [-0.2, -0.15) is 0 Å². The summed E-state index contributed by atoms with van der Waals surface area (Å²) in [5, 5.41) is 3.28. The molecule has 4 nitrogen and oxygen atoms in total. The molecule has 0 bridgehead atoms. The van der Waals surface area contributed by atoms with Crippen LogP contribution in [0.2, 0.25) is 0 Å². The molecule has 0 spiro atoms. The summed E-state index contributed by atoms with van der Waals surface area (Å²) in [4.78, 5) is 8.36. The second kappa shape index (κ2) is 7.74. The maximum atomic E-state index is 5.75. The molecule has 0 saturated heterocycles. The van der Waals surface area contributed by atoms with Crippen LogP contribution in [-0.2, 0) is 13.2 Å². The Morgan fingerprint density at radius 2 is 1.83 bits per heavy atom. The Hall–Kier alpha value is -2.40. The summed E-state index contributed by atoms with van der Waals surface area (Å²) < 4.78 is 6.72. The molecule has 3 rings (SSSR count). The van der Waals surface area contributed by atoms with Crippen LogP contribution in [0.5, 0.6) is 5.75 Å². The van der Waals surface area contributed by atoms with Gasteiger partial charge >= 0.3 is 0 Å². The first-order valence-electron chi connectivity index (χ1n) is 7.26. The normalized spacial score (nSPS) is 10.3. The number of rotatable bonds is 6. The lowest BCUT2D eigenvalue weighted by Crippen LogP contribution is -2.01. The van der Waals surface area contributed by atoms with Crippen molar-refractivity contribution in [1.29, 1.82) is 0 Å². The van der Waals surface area contributed by atoms with Gasteiger partial charge in [-0.15, -0.1) is 0 Å². The van der Waals surface area contributed by atoms with Crippen LogP contribution >= 0.6 is 15.9 Å². The van der Waals surface area contributed by atoms with Crippen LogP contribution < -0.4 is 10.1 Å². The smallest absolute Gasteiger partial charge is 0.126 e. The molecule has 0 aliphatic heterocycles. The number of hydrogen-bond donors (Lipinski definition) is 1. The number of pyridine rings is 2. The Balaban J connectivity index is 1.51. The summed E-state index contributed by atoms with van der Waals surface area (Å²) in [7, 11) is 0. The number of ether oxygens (including phenoxy) is 1. The van der Waals surface area contributed by atoms with Crippen molar-refractivity contribution < 1.29 is 4.74 Å². The van der Waals surface area contributed by atoms with Crippen LogP contribution in [-0.4, -0.2) is 9.97 Å². The number of hydrogen-bond acceptors (Lipinski definition) is 4. The van der Waals surface area contributed by atoms with Gasteiger partial charge in [0.15, 0.2) is 0 Å². The highest BCUT2D eigenvalue weighted by atomic mass is 79.9. The predicted molar refractivity (Wildman–Crippen MR) is 94.3 cm³/mol. The van der Waals surface area contributed by atoms with E-state index in [-0.39, 0.29) is 0 Å². The van der Waals surface area contributed by atoms with Gasteiger partial charge in [0, 0.05) is 35.2 Å². The van der Waals surface area contributed by atoms with E-state index >= 15 is 0 Å². The topological polar surface area (TPSA) is 47.0 Å². The summed E-state index contributed by atoms with van der Waals surface area (Å²) in [6.45, 7) is 1.24. The van der Waals surface area contributed by atoms with Crippen LogP contribution in [0.25, 0.3) is 0 Å². The average Bonchev–Trinajstić information content (AvgIpc) is 2.61. The predicted octanol–water partition coefficient (Wildman–Crippen LogP) is 4.43. The second-order valence-electron chi connectivity index (χ2n) is 5.01. The Morgan fingerprint density at radius 3 is 2.52 bits per heavy atom. The Morgan fingerprint density at radius 1 is 0.957 bits per heavy atom. The van der Waals surface area contributed by atoms with Gasteiger partial charge in [0.05, 0.1) is 0 Å². The molecular weight excluding hydrogens is 354 g/mol. The molecule has 0 atom stereocenters. The molecule has 5 heteroatoms. The maximum Gasteiger partial charge on any atom is 0.126 e. The van der Waals surface area contributed by atoms with E-state index in [4.69, 9.17) is 4.74 Å². The third kappa shape index (κ3) is 4.79. The number of halogens is 1. The molecule has 23 heavy (non-hydrogen) atoms. The molecule has 116 valence electrons. The third-order valence-electron chi connectivity index (χ3n) is 3.25. The van der Waals surface area contributed by atoms with Crippen LogP contribution in [0.3, 0.4) is 0 Å². The fourth-order valence-electron chi connectivity index (χ4n) is 2.03. The van der Waals surface area contributed by atoms with E-state index in [1.54, 1.807) is 12.4 Å². The minimum atomic E-state index is 0.522. The van der Waals surface area contributed by atoms with E-state index in [1.165, 1.54) is 5.56 Å². The van der Waals surface area contributed by atoms with Crippen molar-refractivity contribution >= 4 is 21.7 Å². The zero-order valence-electron chi connectivity index (χ0n) is 12.4. The Bertz CT molecular complexity index is 730. The number of nitrogens with one attached hydrogen (secondary N) is 1. The van der Waals surface area contributed by atoms with Crippen molar-refractivity contribution in [3.63, 3.8) is 0 Å². The molecule has 0 amide bonds. The van der Waals surface area contributed by atoms with Gasteiger partial charge in [-0.05, 0) is 51.8 Å². The van der Waals surface area contributed by atoms with Crippen LogP contribution in [0.4, 0.5) is 5.82 Å². The van der Waals surface area contributed by atoms with E-state index < -0.39 is 0 Å². The molecular formula is C18H16BrN3O. The van der Waals surface area contributed by atoms with Gasteiger partial charge in [-0.1, -0.05) is 18.2 Å². The fraction of sp³-hybridized carbons (Fsp3) is 0.111. The number of benzene rings is 1. The van der Waals surface area contributed by atoms with Crippen molar-refractivity contribution in [3.8, 4) is 5.75 Å². The molecule has 0 aliphatic carbocycles. The highest BCUT2D eigenvalue weighted by Gasteiger charge is 1.99. The van der Waals surface area contributed by atoms with E-state index in [2.05, 4.69) is 31.2 Å². The summed E-state index contributed by atoms with van der Waals surface area (Å²) >= 11 is 3.37. The van der Waals surface area contributed by atoms with E-state index in [0.717, 1.165) is 28.1 Å². The van der Waals surface area contributed by atoms with Crippen molar-refractivity contribution in [3.05, 3.63) is 82.7 Å². The highest BCUT2D eigenvalue weighted by molar-refractivity contribution is 9.10. The van der Waals surface area contributed by atoms with Crippen LogP contribution in [0.1, 0.15) is 11.1 Å². The fourth-order valence-corrected chi connectivity index (χ4v) is 2.26. The molecule has 2 aromatic heterocycles. The highest BCUT2D eigenvalue weighted by Crippen LogP contribution is 2.16. The quantitative estimate of drug-likeness (QED) is 0.697. The Labute approximate surface area is 143 Å². The van der Waals surface area contributed by atoms with Gasteiger partial charge < -0.3 is 10.1 Å². The SMILES string of the molecule is Brc1ccc(NCc2ccc(OCc3cccnc3)cc2)nc1. The van der Waals surface area contributed by atoms with Crippen molar-refractivity contribution in [2.75, 3.05) is 5.32 Å². The molecule has 0 unspecified atom stereocenters. The molecule has 1 N–H and O–H groups in total. The summed E-state index contributed by atoms with van der Waals surface area (Å²) in [6, 6.07) is 15.8. The molecule has 2 heterocycles. The standard InChI is InChI=1S/C18H16BrN3O/c19-16-5-8-18(22-12-16)21-11-14-3-6-17(7-4-14)23-13-15-2-1-9-20-10-15/h1-10,12H,11,13H2,(H,21,22). The number of aromatic nitrogens is 2. The van der Waals surface area contributed by atoms with Gasteiger partial charge in [-0.25, -0.2) is 4.98 Å². The minimum Gasteiger partial charge on any atom is -0.489 e. The molecule has 0 radical (unpaired) electrons. The van der Waals surface area contributed by atoms with Crippen LogP contribution in [0, 0.1) is 0 Å². The molecule has 0 aliphatic rings. The lowest BCUT2D eigenvalue weighted by Gasteiger charge is -2.08. The molecule has 0 saturated carbocycles. The summed E-state index contributed by atoms with van der Waals surface area (Å²) in [6.07, 6.45) is 5.34. The van der Waals surface area contributed by atoms with Crippen molar-refractivity contribution in [1.82, 2.24) is 9.97 Å². The van der Waals surface area contributed by atoms with Gasteiger partial charge in [0.2, 0.25) is 0 Å². The Kier molecular flexibility index (Phi) is 5.21. The van der Waals surface area contributed by atoms with E-state index in [9.17, 15) is 0 Å². The van der Waals surface area contributed by atoms with Crippen LogP contribution in [0.15, 0.2) is 71.6 Å². The summed E-state index contributed by atoms with van der Waals surface area (Å²) in [5.41, 5.74) is 2.23. The van der Waals surface area contributed by atoms with Gasteiger partial charge in [0.1, 0.15) is 18.2 Å².